The number of pyridine rings is 1. The number of ether oxygens (including phenoxy) is 1. The van der Waals surface area contributed by atoms with Crippen molar-refractivity contribution >= 4 is 17.2 Å². The van der Waals surface area contributed by atoms with Crippen LogP contribution < -0.4 is 10.5 Å². The highest BCUT2D eigenvalue weighted by molar-refractivity contribution is 7.15. The smallest absolute Gasteiger partial charge is 0.166 e. The average molecular weight is 479 g/mol. The number of nitrogens with zero attached hydrogens (tertiary/aromatic N) is 3. The Morgan fingerprint density at radius 3 is 2.65 bits per heavy atom. The molecule has 0 unspecified atom stereocenters. The third-order valence-corrected chi connectivity index (χ3v) is 6.90. The van der Waals surface area contributed by atoms with Crippen molar-refractivity contribution in [1.29, 1.82) is 0 Å². The molecule has 1 aromatic carbocycles. The third kappa shape index (κ3) is 6.34. The zero-order valence-corrected chi connectivity index (χ0v) is 21.0. The van der Waals surface area contributed by atoms with E-state index in [9.17, 15) is 4.39 Å². The Hall–Kier alpha value is -2.95. The molecular formula is C27H31FN4OS. The molecule has 3 heterocycles. The van der Waals surface area contributed by atoms with E-state index in [2.05, 4.69) is 33.8 Å². The zero-order chi connectivity index (χ0) is 24.3. The molecule has 0 aliphatic carbocycles. The fourth-order valence-corrected chi connectivity index (χ4v) is 4.87. The van der Waals surface area contributed by atoms with Crippen molar-refractivity contribution in [3.8, 4) is 28.0 Å². The van der Waals surface area contributed by atoms with E-state index in [1.807, 2.05) is 39.1 Å². The summed E-state index contributed by atoms with van der Waals surface area (Å²) in [5, 5.41) is 1.17. The van der Waals surface area contributed by atoms with Crippen LogP contribution in [-0.4, -0.2) is 35.0 Å². The lowest BCUT2D eigenvalue weighted by Gasteiger charge is -2.27. The van der Waals surface area contributed by atoms with Crippen LogP contribution in [0.3, 0.4) is 0 Å². The summed E-state index contributed by atoms with van der Waals surface area (Å²) in [6.45, 7) is 8.43. The number of nitrogens with two attached hydrogens (primary N) is 1. The summed E-state index contributed by atoms with van der Waals surface area (Å²) >= 11 is 1.70. The number of halogens is 1. The maximum atomic E-state index is 14.1. The second-order valence-electron chi connectivity index (χ2n) is 9.88. The largest absolute Gasteiger partial charge is 0.485 e. The molecule has 7 heteroatoms. The molecule has 5 nitrogen and oxygen atoms in total. The maximum absolute atomic E-state index is 14.1. The number of thiazole rings is 1. The summed E-state index contributed by atoms with van der Waals surface area (Å²) in [5.74, 6) is 7.12. The first-order valence-electron chi connectivity index (χ1n) is 11.5. The van der Waals surface area contributed by atoms with Crippen molar-refractivity contribution < 1.29 is 9.13 Å². The second kappa shape index (κ2) is 10.1. The minimum atomic E-state index is -0.342. The third-order valence-electron chi connectivity index (χ3n) is 5.69. The van der Waals surface area contributed by atoms with Crippen LogP contribution in [0.15, 0.2) is 36.7 Å². The number of rotatable bonds is 5. The molecule has 0 amide bonds. The quantitative estimate of drug-likeness (QED) is 0.476. The van der Waals surface area contributed by atoms with Gasteiger partial charge in [-0.3, -0.25) is 0 Å². The first-order chi connectivity index (χ1) is 16.2. The molecule has 2 N–H and O–H groups in total. The molecular weight excluding hydrogens is 447 g/mol. The molecule has 0 radical (unpaired) electrons. The number of anilines is 1. The molecule has 0 bridgehead atoms. The van der Waals surface area contributed by atoms with Crippen molar-refractivity contribution in [2.24, 2.45) is 5.41 Å². The van der Waals surface area contributed by atoms with Gasteiger partial charge in [0.15, 0.2) is 11.6 Å². The lowest BCUT2D eigenvalue weighted by molar-refractivity contribution is 0.255. The lowest BCUT2D eigenvalue weighted by Crippen LogP contribution is -2.29. The average Bonchev–Trinajstić information content (AvgIpc) is 3.27. The van der Waals surface area contributed by atoms with Crippen LogP contribution in [0.25, 0.3) is 10.4 Å². The van der Waals surface area contributed by atoms with E-state index in [1.54, 1.807) is 17.5 Å². The predicted octanol–water partition coefficient (Wildman–Crippen LogP) is 5.71. The number of likely N-dealkylation sites (tertiary alicyclic amines) is 1. The van der Waals surface area contributed by atoms with Gasteiger partial charge in [0.1, 0.15) is 12.4 Å². The normalized spacial score (nSPS) is 15.1. The molecule has 2 aromatic heterocycles. The van der Waals surface area contributed by atoms with E-state index in [0.29, 0.717) is 28.6 Å². The van der Waals surface area contributed by atoms with E-state index in [4.69, 9.17) is 10.5 Å². The van der Waals surface area contributed by atoms with Gasteiger partial charge in [-0.25, -0.2) is 14.4 Å². The van der Waals surface area contributed by atoms with Crippen molar-refractivity contribution in [1.82, 2.24) is 14.9 Å². The van der Waals surface area contributed by atoms with E-state index in [0.717, 1.165) is 36.4 Å². The van der Waals surface area contributed by atoms with Gasteiger partial charge < -0.3 is 15.4 Å². The summed E-state index contributed by atoms with van der Waals surface area (Å²) in [4.78, 5) is 12.4. The number of hydrogen-bond donors (Lipinski definition) is 1. The highest BCUT2D eigenvalue weighted by Crippen LogP contribution is 2.36. The van der Waals surface area contributed by atoms with Gasteiger partial charge in [0.05, 0.1) is 9.88 Å². The molecule has 0 spiro atoms. The van der Waals surface area contributed by atoms with Gasteiger partial charge in [-0.05, 0) is 83.6 Å². The Kier molecular flexibility index (Phi) is 7.20. The second-order valence-corrected chi connectivity index (χ2v) is 10.9. The maximum Gasteiger partial charge on any atom is 0.166 e. The Bertz CT molecular complexity index is 1210. The van der Waals surface area contributed by atoms with Gasteiger partial charge >= 0.3 is 0 Å². The van der Waals surface area contributed by atoms with E-state index < -0.39 is 0 Å². The van der Waals surface area contributed by atoms with Crippen molar-refractivity contribution in [3.05, 3.63) is 58.6 Å². The monoisotopic (exact) mass is 478 g/mol. The molecule has 34 heavy (non-hydrogen) atoms. The molecule has 0 saturated carbocycles. The molecule has 3 aromatic rings. The van der Waals surface area contributed by atoms with Crippen LogP contribution >= 0.6 is 11.3 Å². The van der Waals surface area contributed by atoms with Crippen LogP contribution in [0, 0.1) is 23.1 Å². The summed E-state index contributed by atoms with van der Waals surface area (Å²) in [6, 6.07) is 6.61. The fraction of sp³-hybridized carbons (Fsp3) is 0.407. The predicted molar refractivity (Wildman–Crippen MR) is 136 cm³/mol. The number of nitrogen functional groups attached to an aromatic ring is 1. The molecule has 178 valence electrons. The summed E-state index contributed by atoms with van der Waals surface area (Å²) in [7, 11) is 2.16. The Balaban J connectivity index is 1.48. The van der Waals surface area contributed by atoms with Crippen LogP contribution in [0.1, 0.15) is 55.7 Å². The summed E-state index contributed by atoms with van der Waals surface area (Å²) in [6.07, 6.45) is 5.92. The lowest BCUT2D eigenvalue weighted by atomic mass is 9.97. The highest BCUT2D eigenvalue weighted by Gasteiger charge is 2.21. The van der Waals surface area contributed by atoms with Crippen LogP contribution in [0.5, 0.6) is 5.75 Å². The van der Waals surface area contributed by atoms with Gasteiger partial charge in [0, 0.05) is 34.9 Å². The highest BCUT2D eigenvalue weighted by atomic mass is 32.1. The molecule has 1 fully saturated rings. The van der Waals surface area contributed by atoms with Gasteiger partial charge in [0.2, 0.25) is 0 Å². The summed E-state index contributed by atoms with van der Waals surface area (Å²) in [5.41, 5.74) is 8.14. The van der Waals surface area contributed by atoms with Crippen LogP contribution in [0.4, 0.5) is 10.2 Å². The zero-order valence-electron chi connectivity index (χ0n) is 20.2. The minimum Gasteiger partial charge on any atom is -0.485 e. The van der Waals surface area contributed by atoms with Crippen LogP contribution in [-0.2, 0) is 6.61 Å². The Morgan fingerprint density at radius 1 is 1.15 bits per heavy atom. The van der Waals surface area contributed by atoms with Crippen LogP contribution in [0.2, 0.25) is 0 Å². The Labute approximate surface area is 205 Å². The van der Waals surface area contributed by atoms with Gasteiger partial charge in [-0.1, -0.05) is 11.8 Å². The number of piperidine rings is 1. The fourth-order valence-electron chi connectivity index (χ4n) is 3.80. The number of aromatic nitrogens is 2. The van der Waals surface area contributed by atoms with Gasteiger partial charge in [-0.15, -0.1) is 11.3 Å². The number of benzene rings is 1. The molecule has 0 atom stereocenters. The molecule has 4 rings (SSSR count). The van der Waals surface area contributed by atoms with E-state index in [-0.39, 0.29) is 17.8 Å². The molecule has 1 saturated heterocycles. The van der Waals surface area contributed by atoms with Crippen molar-refractivity contribution in [2.45, 2.75) is 46.1 Å². The Morgan fingerprint density at radius 2 is 1.91 bits per heavy atom. The topological polar surface area (TPSA) is 64.3 Å². The molecule has 1 aliphatic rings. The van der Waals surface area contributed by atoms with Crippen molar-refractivity contribution in [2.75, 3.05) is 25.9 Å². The number of hydrogen-bond acceptors (Lipinski definition) is 6. The van der Waals surface area contributed by atoms with E-state index >= 15 is 0 Å². The molecule has 1 aliphatic heterocycles. The standard InChI is InChI=1S/C27H31FN4OS/c1-27(2,3)8-5-18-11-19(13-22(28)12-18)17-33-23-14-21(15-30-25(23)29)24-16-31-26(34-24)20-6-9-32(4)10-7-20/h11-16,20H,6-7,9-10,17H2,1-4H3,(H2,29,30). The van der Waals surface area contributed by atoms with Gasteiger partial charge in [0.25, 0.3) is 0 Å². The van der Waals surface area contributed by atoms with Crippen molar-refractivity contribution in [3.63, 3.8) is 0 Å². The summed E-state index contributed by atoms with van der Waals surface area (Å²) < 4.78 is 20.1. The SMILES string of the molecule is CN1CCC(c2ncc(-c3cnc(N)c(OCc4cc(F)cc(C#CC(C)(C)C)c4)c3)s2)CC1. The van der Waals surface area contributed by atoms with Gasteiger partial charge in [-0.2, -0.15) is 0 Å². The van der Waals surface area contributed by atoms with E-state index in [1.165, 1.54) is 17.1 Å². The first kappa shape index (κ1) is 24.2. The minimum absolute atomic E-state index is 0.159. The first-order valence-corrected chi connectivity index (χ1v) is 12.3.